The van der Waals surface area contributed by atoms with Crippen molar-refractivity contribution in [2.45, 2.75) is 18.0 Å². The Labute approximate surface area is 109 Å². The van der Waals surface area contributed by atoms with Crippen molar-refractivity contribution in [1.82, 2.24) is 0 Å². The molecule has 2 N–H and O–H groups in total. The number of ketones is 1. The Morgan fingerprint density at radius 1 is 1.47 bits per heavy atom. The van der Waals surface area contributed by atoms with E-state index in [9.17, 15) is 18.0 Å². The minimum atomic E-state index is -4.90. The van der Waals surface area contributed by atoms with Gasteiger partial charge in [0.15, 0.2) is 0 Å². The topological polar surface area (TPSA) is 43.1 Å². The molecule has 0 saturated carbocycles. The number of hydrogen-bond acceptors (Lipinski definition) is 3. The summed E-state index contributed by atoms with van der Waals surface area (Å²) < 4.78 is 37.2. The predicted octanol–water partition coefficient (Wildman–Crippen LogP) is 3.81. The summed E-state index contributed by atoms with van der Waals surface area (Å²) in [7, 11) is 0. The second-order valence-electron chi connectivity index (χ2n) is 3.33. The third kappa shape index (κ3) is 2.77. The number of benzene rings is 1. The van der Waals surface area contributed by atoms with Crippen LogP contribution in [0.25, 0.3) is 0 Å². The fraction of sp³-hybridized carbons (Fsp3) is 0.300. The Bertz CT molecular complexity index is 474. The third-order valence-corrected chi connectivity index (χ3v) is 3.77. The van der Waals surface area contributed by atoms with Crippen LogP contribution in [0.4, 0.5) is 18.9 Å². The van der Waals surface area contributed by atoms with Gasteiger partial charge in [-0.25, -0.2) is 0 Å². The average Bonchev–Trinajstić information content (AvgIpc) is 2.22. The summed E-state index contributed by atoms with van der Waals surface area (Å²) in [6.45, 7) is 1.45. The SMILES string of the molecule is CSc1cc(C)c(C(=O)C(F)(F)F)c(Br)c1N. The number of carbonyl (C=O) groups excluding carboxylic acids is 1. The number of Topliss-reactive ketones (excluding diaryl/α,β-unsaturated/α-hetero) is 1. The summed E-state index contributed by atoms with van der Waals surface area (Å²) in [6, 6.07) is 1.48. The zero-order valence-electron chi connectivity index (χ0n) is 8.98. The molecule has 0 spiro atoms. The van der Waals surface area contributed by atoms with Crippen molar-refractivity contribution >= 4 is 39.2 Å². The molecule has 0 aromatic heterocycles. The van der Waals surface area contributed by atoms with Gasteiger partial charge in [0.05, 0.1) is 10.2 Å². The molecule has 7 heteroatoms. The molecule has 0 heterocycles. The Kier molecular flexibility index (Phi) is 4.14. The molecule has 0 aliphatic rings. The molecule has 17 heavy (non-hydrogen) atoms. The van der Waals surface area contributed by atoms with E-state index in [1.165, 1.54) is 24.8 Å². The highest BCUT2D eigenvalue weighted by molar-refractivity contribution is 9.10. The second kappa shape index (κ2) is 4.89. The van der Waals surface area contributed by atoms with Crippen LogP contribution in [0, 0.1) is 6.92 Å². The van der Waals surface area contributed by atoms with Gasteiger partial charge in [0.25, 0.3) is 5.78 Å². The van der Waals surface area contributed by atoms with E-state index < -0.39 is 17.5 Å². The van der Waals surface area contributed by atoms with Gasteiger partial charge >= 0.3 is 6.18 Å². The molecular formula is C10H9BrF3NOS. The Morgan fingerprint density at radius 3 is 2.41 bits per heavy atom. The van der Waals surface area contributed by atoms with Crippen molar-refractivity contribution in [3.8, 4) is 0 Å². The van der Waals surface area contributed by atoms with Crippen LogP contribution >= 0.6 is 27.7 Å². The highest BCUT2D eigenvalue weighted by atomic mass is 79.9. The van der Waals surface area contributed by atoms with Gasteiger partial charge in [-0.05, 0) is 40.7 Å². The Morgan fingerprint density at radius 2 is 2.00 bits per heavy atom. The van der Waals surface area contributed by atoms with Crippen LogP contribution in [0.2, 0.25) is 0 Å². The van der Waals surface area contributed by atoms with Crippen LogP contribution in [0.15, 0.2) is 15.4 Å². The summed E-state index contributed by atoms with van der Waals surface area (Å²) in [5.74, 6) is -1.89. The molecule has 1 rings (SSSR count). The van der Waals surface area contributed by atoms with Crippen LogP contribution in [-0.4, -0.2) is 18.2 Å². The minimum Gasteiger partial charge on any atom is -0.397 e. The van der Waals surface area contributed by atoms with E-state index in [1.54, 1.807) is 6.26 Å². The first-order chi connectivity index (χ1) is 7.70. The molecule has 0 bridgehead atoms. The van der Waals surface area contributed by atoms with Crippen LogP contribution in [0.3, 0.4) is 0 Å². The Balaban J connectivity index is 3.47. The fourth-order valence-corrected chi connectivity index (χ4v) is 2.81. The lowest BCUT2D eigenvalue weighted by atomic mass is 10.0. The molecule has 0 radical (unpaired) electrons. The highest BCUT2D eigenvalue weighted by Crippen LogP contribution is 2.37. The lowest BCUT2D eigenvalue weighted by Gasteiger charge is -2.14. The number of thioether (sulfide) groups is 1. The van der Waals surface area contributed by atoms with Crippen molar-refractivity contribution in [3.05, 3.63) is 21.7 Å². The molecule has 2 nitrogen and oxygen atoms in total. The van der Waals surface area contributed by atoms with E-state index in [0.29, 0.717) is 4.90 Å². The average molecular weight is 328 g/mol. The molecule has 0 atom stereocenters. The third-order valence-electron chi connectivity index (χ3n) is 2.17. The van der Waals surface area contributed by atoms with Gasteiger partial charge in [-0.1, -0.05) is 0 Å². The number of rotatable bonds is 2. The second-order valence-corrected chi connectivity index (χ2v) is 4.97. The molecule has 0 saturated heterocycles. The van der Waals surface area contributed by atoms with Crippen LogP contribution in [0.5, 0.6) is 0 Å². The van der Waals surface area contributed by atoms with Crippen molar-refractivity contribution in [2.24, 2.45) is 0 Å². The molecule has 0 fully saturated rings. The zero-order chi connectivity index (χ0) is 13.4. The normalized spacial score (nSPS) is 11.6. The van der Waals surface area contributed by atoms with Gasteiger partial charge in [0.2, 0.25) is 0 Å². The number of anilines is 1. The maximum absolute atomic E-state index is 12.4. The van der Waals surface area contributed by atoms with Crippen LogP contribution in [-0.2, 0) is 0 Å². The molecule has 0 amide bonds. The molecule has 1 aromatic carbocycles. The van der Waals surface area contributed by atoms with E-state index in [1.807, 2.05) is 0 Å². The van der Waals surface area contributed by atoms with E-state index in [0.717, 1.165) is 0 Å². The first-order valence-corrected chi connectivity index (χ1v) is 6.46. The number of carbonyl (C=O) groups is 1. The first kappa shape index (κ1) is 14.4. The Hall–Kier alpha value is -0.690. The van der Waals surface area contributed by atoms with Gasteiger partial charge in [-0.3, -0.25) is 4.79 Å². The highest BCUT2D eigenvalue weighted by Gasteiger charge is 2.41. The lowest BCUT2D eigenvalue weighted by molar-refractivity contribution is -0.0886. The lowest BCUT2D eigenvalue weighted by Crippen LogP contribution is -2.24. The first-order valence-electron chi connectivity index (χ1n) is 4.44. The summed E-state index contributed by atoms with van der Waals surface area (Å²) in [5.41, 5.74) is 5.63. The number of hydrogen-bond donors (Lipinski definition) is 1. The number of halogens is 4. The van der Waals surface area contributed by atoms with E-state index in [-0.39, 0.29) is 15.7 Å². The molecule has 1 aromatic rings. The van der Waals surface area contributed by atoms with Crippen molar-refractivity contribution in [3.63, 3.8) is 0 Å². The fourth-order valence-electron chi connectivity index (χ4n) is 1.35. The number of nitrogens with two attached hydrogens (primary N) is 1. The van der Waals surface area contributed by atoms with Gasteiger partial charge in [-0.2, -0.15) is 13.2 Å². The largest absolute Gasteiger partial charge is 0.454 e. The maximum atomic E-state index is 12.4. The standard InChI is InChI=1S/C10H9BrF3NOS/c1-4-3-5(17-2)8(15)7(11)6(4)9(16)10(12,13)14/h3H,15H2,1-2H3. The van der Waals surface area contributed by atoms with Gasteiger partial charge in [0.1, 0.15) is 0 Å². The van der Waals surface area contributed by atoms with E-state index in [2.05, 4.69) is 15.9 Å². The molecule has 0 unspecified atom stereocenters. The summed E-state index contributed by atoms with van der Waals surface area (Å²) in [5, 5.41) is 0. The number of alkyl halides is 3. The maximum Gasteiger partial charge on any atom is 0.454 e. The van der Waals surface area contributed by atoms with Crippen LogP contribution < -0.4 is 5.73 Å². The van der Waals surface area contributed by atoms with Crippen molar-refractivity contribution < 1.29 is 18.0 Å². The summed E-state index contributed by atoms with van der Waals surface area (Å²) >= 11 is 4.26. The number of nitrogen functional groups attached to an aromatic ring is 1. The molecule has 94 valence electrons. The summed E-state index contributed by atoms with van der Waals surface area (Å²) in [6.07, 6.45) is -3.15. The summed E-state index contributed by atoms with van der Waals surface area (Å²) in [4.78, 5) is 11.9. The van der Waals surface area contributed by atoms with Gasteiger partial charge < -0.3 is 5.73 Å². The quantitative estimate of drug-likeness (QED) is 0.510. The zero-order valence-corrected chi connectivity index (χ0v) is 11.4. The monoisotopic (exact) mass is 327 g/mol. The molecule has 0 aliphatic carbocycles. The van der Waals surface area contributed by atoms with Crippen molar-refractivity contribution in [1.29, 1.82) is 0 Å². The van der Waals surface area contributed by atoms with E-state index >= 15 is 0 Å². The molecule has 0 aliphatic heterocycles. The smallest absolute Gasteiger partial charge is 0.397 e. The molecular weight excluding hydrogens is 319 g/mol. The predicted molar refractivity (Wildman–Crippen MR) is 65.5 cm³/mol. The van der Waals surface area contributed by atoms with Crippen LogP contribution in [0.1, 0.15) is 15.9 Å². The minimum absolute atomic E-state index is 0.00387. The van der Waals surface area contributed by atoms with E-state index in [4.69, 9.17) is 5.73 Å². The van der Waals surface area contributed by atoms with Crippen molar-refractivity contribution in [2.75, 3.05) is 12.0 Å². The van der Waals surface area contributed by atoms with Gasteiger partial charge in [-0.15, -0.1) is 11.8 Å². The van der Waals surface area contributed by atoms with Gasteiger partial charge in [0, 0.05) is 10.5 Å². The number of aryl methyl sites for hydroxylation is 1.